The van der Waals surface area contributed by atoms with Crippen LogP contribution in [0.5, 0.6) is 5.75 Å². The summed E-state index contributed by atoms with van der Waals surface area (Å²) in [6, 6.07) is 16.5. The van der Waals surface area contributed by atoms with E-state index in [9.17, 15) is 35.9 Å². The number of aromatic nitrogens is 7. The van der Waals surface area contributed by atoms with Crippen molar-refractivity contribution >= 4 is 39.7 Å². The summed E-state index contributed by atoms with van der Waals surface area (Å²) >= 11 is 0. The Hall–Kier alpha value is -6.83. The third kappa shape index (κ3) is 8.98. The first-order chi connectivity index (χ1) is 31.0. The van der Waals surface area contributed by atoms with Crippen molar-refractivity contribution in [2.45, 2.75) is 71.2 Å². The fourth-order valence-corrected chi connectivity index (χ4v) is 8.82. The van der Waals surface area contributed by atoms with Crippen molar-refractivity contribution in [3.05, 3.63) is 129 Å². The van der Waals surface area contributed by atoms with Crippen molar-refractivity contribution in [3.8, 4) is 11.4 Å². The van der Waals surface area contributed by atoms with E-state index in [2.05, 4.69) is 25.0 Å². The van der Waals surface area contributed by atoms with Crippen LogP contribution in [0.2, 0.25) is 0 Å². The monoisotopic (exact) mass is 902 g/mol. The SMILES string of the molecule is Cc1ccc(Cn2c3c(c4cccnc42)CCN(C(=O)c2ccc(-n4c(=O)n(C5CCN(CCC(F)(F)F)CC5)c5nc(Nc6ccc(OC(F)(F)F)cc6)nc(C)c54)cn2)C3)c(F)c1. The number of pyridine rings is 2. The van der Waals surface area contributed by atoms with Gasteiger partial charge in [0.15, 0.2) is 5.65 Å². The molecule has 7 heterocycles. The van der Waals surface area contributed by atoms with Gasteiger partial charge in [-0.15, -0.1) is 13.2 Å². The number of benzene rings is 2. The lowest BCUT2D eigenvalue weighted by atomic mass is 10.0. The van der Waals surface area contributed by atoms with Crippen LogP contribution in [0.1, 0.15) is 63.9 Å². The molecule has 0 unspecified atom stereocenters. The lowest BCUT2D eigenvalue weighted by molar-refractivity contribution is -0.274. The summed E-state index contributed by atoms with van der Waals surface area (Å²) in [4.78, 5) is 50.5. The van der Waals surface area contributed by atoms with E-state index in [1.807, 2.05) is 29.7 Å². The van der Waals surface area contributed by atoms with Gasteiger partial charge in [-0.25, -0.2) is 24.1 Å². The Bertz CT molecular complexity index is 2970. The molecule has 0 atom stereocenters. The molecule has 13 nitrogen and oxygen atoms in total. The molecule has 2 aliphatic rings. The molecule has 1 amide bonds. The van der Waals surface area contributed by atoms with Crippen molar-refractivity contribution in [3.63, 3.8) is 0 Å². The van der Waals surface area contributed by atoms with Crippen LogP contribution in [0.3, 0.4) is 0 Å². The van der Waals surface area contributed by atoms with Crippen LogP contribution in [-0.2, 0) is 19.5 Å². The van der Waals surface area contributed by atoms with Gasteiger partial charge in [-0.1, -0.05) is 12.1 Å². The molecule has 65 heavy (non-hydrogen) atoms. The van der Waals surface area contributed by atoms with Gasteiger partial charge in [0.1, 0.15) is 28.4 Å². The highest BCUT2D eigenvalue weighted by molar-refractivity contribution is 5.93. The number of piperidine rings is 1. The van der Waals surface area contributed by atoms with Crippen LogP contribution >= 0.6 is 0 Å². The van der Waals surface area contributed by atoms with Crippen molar-refractivity contribution < 1.29 is 40.3 Å². The molecular weight excluding hydrogens is 862 g/mol. The molecule has 1 N–H and O–H groups in total. The number of amides is 1. The van der Waals surface area contributed by atoms with E-state index in [0.717, 1.165) is 34.3 Å². The Morgan fingerprint density at radius 1 is 0.908 bits per heavy atom. The second-order valence-electron chi connectivity index (χ2n) is 16.3. The number of anilines is 2. The predicted octanol–water partition coefficient (Wildman–Crippen LogP) is 8.56. The normalized spacial score (nSPS) is 15.2. The molecule has 5 aromatic heterocycles. The van der Waals surface area contributed by atoms with Crippen LogP contribution < -0.4 is 15.7 Å². The van der Waals surface area contributed by atoms with Crippen molar-refractivity contribution in [1.29, 1.82) is 0 Å². The van der Waals surface area contributed by atoms with Gasteiger partial charge in [0, 0.05) is 60.7 Å². The zero-order chi connectivity index (χ0) is 45.8. The lowest BCUT2D eigenvalue weighted by Crippen LogP contribution is -2.39. The van der Waals surface area contributed by atoms with Crippen molar-refractivity contribution in [1.82, 2.24) is 43.4 Å². The molecule has 1 fully saturated rings. The van der Waals surface area contributed by atoms with Gasteiger partial charge in [-0.2, -0.15) is 18.2 Å². The molecule has 1 saturated heterocycles. The number of hydrogen-bond acceptors (Lipinski definition) is 9. The molecule has 0 saturated carbocycles. The van der Waals surface area contributed by atoms with Gasteiger partial charge in [0.25, 0.3) is 5.91 Å². The molecule has 0 bridgehead atoms. The molecule has 7 aromatic rings. The fourth-order valence-electron chi connectivity index (χ4n) is 8.82. The minimum absolute atomic E-state index is 0.0376. The van der Waals surface area contributed by atoms with Gasteiger partial charge in [0.05, 0.1) is 37.1 Å². The maximum absolute atomic E-state index is 15.1. The minimum Gasteiger partial charge on any atom is -0.406 e. The number of nitrogens with one attached hydrogen (secondary N) is 1. The summed E-state index contributed by atoms with van der Waals surface area (Å²) < 4.78 is 101. The van der Waals surface area contributed by atoms with Gasteiger partial charge < -0.3 is 24.4 Å². The summed E-state index contributed by atoms with van der Waals surface area (Å²) in [6.07, 6.45) is -5.81. The van der Waals surface area contributed by atoms with Crippen LogP contribution in [-0.4, -0.2) is 88.1 Å². The number of alkyl halides is 6. The predicted molar refractivity (Wildman–Crippen MR) is 226 cm³/mol. The fraction of sp³-hybridized carbons (Fsp3) is 0.333. The zero-order valence-electron chi connectivity index (χ0n) is 35.0. The lowest BCUT2D eigenvalue weighted by Gasteiger charge is -2.32. The first-order valence-electron chi connectivity index (χ1n) is 20.9. The molecule has 20 heteroatoms. The number of rotatable bonds is 10. The second-order valence-corrected chi connectivity index (χ2v) is 16.3. The van der Waals surface area contributed by atoms with Gasteiger partial charge in [-0.3, -0.25) is 13.9 Å². The van der Waals surface area contributed by atoms with E-state index in [1.165, 1.54) is 39.6 Å². The number of aryl methyl sites for hydroxylation is 2. The highest BCUT2D eigenvalue weighted by Crippen LogP contribution is 2.33. The highest BCUT2D eigenvalue weighted by atomic mass is 19.4. The van der Waals surface area contributed by atoms with E-state index < -0.39 is 36.4 Å². The maximum atomic E-state index is 15.1. The first kappa shape index (κ1) is 43.4. The zero-order valence-corrected chi connectivity index (χ0v) is 35.0. The third-order valence-corrected chi connectivity index (χ3v) is 11.9. The molecular formula is C45H41F7N10O3. The summed E-state index contributed by atoms with van der Waals surface area (Å²) in [5.74, 6) is -1.07. The highest BCUT2D eigenvalue weighted by Gasteiger charge is 2.34. The van der Waals surface area contributed by atoms with Gasteiger partial charge >= 0.3 is 18.2 Å². The topological polar surface area (TPSA) is 128 Å². The van der Waals surface area contributed by atoms with Gasteiger partial charge in [-0.05, 0) is 98.8 Å². The molecule has 338 valence electrons. The summed E-state index contributed by atoms with van der Waals surface area (Å²) in [5.41, 5.74) is 5.02. The van der Waals surface area contributed by atoms with Gasteiger partial charge in [0.2, 0.25) is 5.95 Å². The molecule has 0 spiro atoms. The number of fused-ring (bicyclic) bond motifs is 4. The molecule has 9 rings (SSSR count). The quantitative estimate of drug-likeness (QED) is 0.134. The van der Waals surface area contributed by atoms with E-state index in [1.54, 1.807) is 35.1 Å². The van der Waals surface area contributed by atoms with Crippen LogP contribution in [0.25, 0.3) is 27.9 Å². The molecule has 2 aromatic carbocycles. The van der Waals surface area contributed by atoms with E-state index in [0.29, 0.717) is 72.7 Å². The average molecular weight is 903 g/mol. The smallest absolute Gasteiger partial charge is 0.406 e. The number of likely N-dealkylation sites (tertiary alicyclic amines) is 1. The van der Waals surface area contributed by atoms with Crippen LogP contribution in [0.4, 0.5) is 42.4 Å². The Labute approximate surface area is 366 Å². The molecule has 0 aliphatic carbocycles. The van der Waals surface area contributed by atoms with Crippen molar-refractivity contribution in [2.24, 2.45) is 0 Å². The number of nitrogens with zero attached hydrogens (tertiary/aromatic N) is 9. The number of ether oxygens (including phenoxy) is 1. The Morgan fingerprint density at radius 3 is 2.37 bits per heavy atom. The number of hydrogen-bond donors (Lipinski definition) is 1. The van der Waals surface area contributed by atoms with Crippen LogP contribution in [0, 0.1) is 19.7 Å². The first-order valence-corrected chi connectivity index (χ1v) is 20.9. The third-order valence-electron chi connectivity index (χ3n) is 11.9. The summed E-state index contributed by atoms with van der Waals surface area (Å²) in [6.45, 7) is 4.76. The number of imidazole rings is 1. The summed E-state index contributed by atoms with van der Waals surface area (Å²) in [5, 5.41) is 3.92. The largest absolute Gasteiger partial charge is 0.573 e. The molecule has 0 radical (unpaired) electrons. The Morgan fingerprint density at radius 2 is 1.68 bits per heavy atom. The van der Waals surface area contributed by atoms with Crippen LogP contribution in [0.15, 0.2) is 83.9 Å². The van der Waals surface area contributed by atoms with Crippen molar-refractivity contribution in [2.75, 3.05) is 31.5 Å². The van der Waals surface area contributed by atoms with E-state index in [-0.39, 0.29) is 48.6 Å². The Kier molecular flexibility index (Phi) is 11.3. The average Bonchev–Trinajstić information content (AvgIpc) is 3.74. The summed E-state index contributed by atoms with van der Waals surface area (Å²) in [7, 11) is 0. The number of halogens is 7. The molecule has 2 aliphatic heterocycles. The van der Waals surface area contributed by atoms with E-state index >= 15 is 4.39 Å². The Balaban J connectivity index is 1.02. The maximum Gasteiger partial charge on any atom is 0.573 e. The second kappa shape index (κ2) is 16.9. The number of carbonyl (C=O) groups is 1. The number of carbonyl (C=O) groups excluding carboxylic acids is 1. The minimum atomic E-state index is -4.87. The van der Waals surface area contributed by atoms with E-state index in [4.69, 9.17) is 4.98 Å². The standard InChI is InChI=1S/C45H41F7N10O3/c1-26-5-6-28(35(46)22-26)24-60-37-25-59(20-15-33(37)34-4-3-17-53-39(34)60)41(63)36-12-9-31(23-54-36)61-38-27(2)55-42(56-29-7-10-32(11-8-29)65-45(50,51)52)57-40(38)62(43(61)64)30-13-18-58(19-14-30)21-16-44(47,48)49/h3-12,17,22-23,30H,13-16,18-21,24-25H2,1-2H3,(H,55,56,57).